The van der Waals surface area contributed by atoms with E-state index in [2.05, 4.69) is 0 Å². The summed E-state index contributed by atoms with van der Waals surface area (Å²) in [7, 11) is 3.00. The van der Waals surface area contributed by atoms with Gasteiger partial charge >= 0.3 is 0 Å². The molecule has 5 heteroatoms. The van der Waals surface area contributed by atoms with E-state index < -0.39 is 0 Å². The number of hydrogen-bond acceptors (Lipinski definition) is 5. The molecular weight excluding hydrogens is 164 g/mol. The molecule has 0 spiro atoms. The molecule has 0 amide bonds. The van der Waals surface area contributed by atoms with Crippen molar-refractivity contribution >= 4 is 0 Å². The van der Waals surface area contributed by atoms with Gasteiger partial charge in [0, 0.05) is 34.5 Å². The molecule has 0 saturated carbocycles. The lowest BCUT2D eigenvalue weighted by Crippen LogP contribution is -1.57. The fraction of sp³-hybridized carbons (Fsp3) is 1.00. The van der Waals surface area contributed by atoms with Crippen LogP contribution in [0, 0.1) is 0 Å². The van der Waals surface area contributed by atoms with E-state index in [0.29, 0.717) is 0 Å². The monoisotopic (exact) mass is 188 g/mol. The standard InChI is InChI=1S/2C2H6O.3CH4O/c2*1-2-3;3*1-2/h2*3H,2H2,1H3;3*2H,1H3. The van der Waals surface area contributed by atoms with Gasteiger partial charge in [0.05, 0.1) is 0 Å². The zero-order valence-electron chi connectivity index (χ0n) is 8.65. The molecule has 0 aliphatic carbocycles. The number of rotatable bonds is 0. The van der Waals surface area contributed by atoms with E-state index in [9.17, 15) is 0 Å². The van der Waals surface area contributed by atoms with Gasteiger partial charge in [0.1, 0.15) is 0 Å². The molecule has 0 fully saturated rings. The Labute approximate surface area is 74.9 Å². The molecular formula is C7H24O5. The molecule has 0 radical (unpaired) electrons. The Balaban J connectivity index is -0.0000000174. The lowest BCUT2D eigenvalue weighted by Gasteiger charge is -1.52. The molecule has 5 N–H and O–H groups in total. The van der Waals surface area contributed by atoms with Gasteiger partial charge in [0.15, 0.2) is 0 Å². The van der Waals surface area contributed by atoms with Crippen LogP contribution < -0.4 is 0 Å². The van der Waals surface area contributed by atoms with Crippen molar-refractivity contribution in [2.45, 2.75) is 13.8 Å². The van der Waals surface area contributed by atoms with Crippen molar-refractivity contribution < 1.29 is 25.5 Å². The molecule has 82 valence electrons. The highest BCUT2D eigenvalue weighted by molar-refractivity contribution is 3.84. The van der Waals surface area contributed by atoms with Gasteiger partial charge in [-0.2, -0.15) is 0 Å². The first kappa shape index (κ1) is 29.8. The molecule has 0 aliphatic heterocycles. The average Bonchev–Trinajstić information content (AvgIpc) is 2.16. The predicted octanol–water partition coefficient (Wildman–Crippen LogP) is -1.18. The van der Waals surface area contributed by atoms with E-state index in [0.717, 1.165) is 21.3 Å². The second-order valence-electron chi connectivity index (χ2n) is 0.632. The van der Waals surface area contributed by atoms with E-state index >= 15 is 0 Å². The Kier molecular flexibility index (Phi) is 794. The van der Waals surface area contributed by atoms with E-state index in [-0.39, 0.29) is 13.2 Å². The fourth-order valence-electron chi connectivity index (χ4n) is 0. The largest absolute Gasteiger partial charge is 0.400 e. The minimum absolute atomic E-state index is 0.250. The first-order valence-corrected chi connectivity index (χ1v) is 3.39. The molecule has 0 atom stereocenters. The van der Waals surface area contributed by atoms with Crippen LogP contribution in [0.5, 0.6) is 0 Å². The van der Waals surface area contributed by atoms with Gasteiger partial charge in [0.25, 0.3) is 0 Å². The van der Waals surface area contributed by atoms with Crippen LogP contribution in [0.15, 0.2) is 0 Å². The zero-order chi connectivity index (χ0) is 11.4. The minimum atomic E-state index is 0.250. The summed E-state index contributed by atoms with van der Waals surface area (Å²) in [5, 5.41) is 36.1. The van der Waals surface area contributed by atoms with Crippen molar-refractivity contribution in [2.75, 3.05) is 34.5 Å². The topological polar surface area (TPSA) is 101 Å². The molecule has 12 heavy (non-hydrogen) atoms. The van der Waals surface area contributed by atoms with E-state index in [1.165, 1.54) is 0 Å². The molecule has 0 heterocycles. The van der Waals surface area contributed by atoms with Crippen LogP contribution in [0.3, 0.4) is 0 Å². The summed E-state index contributed by atoms with van der Waals surface area (Å²) in [6, 6.07) is 0. The lowest BCUT2D eigenvalue weighted by molar-refractivity contribution is 0.318. The maximum atomic E-state index is 7.57. The van der Waals surface area contributed by atoms with Gasteiger partial charge in [-0.15, -0.1) is 0 Å². The average molecular weight is 188 g/mol. The molecule has 0 aromatic carbocycles. The summed E-state index contributed by atoms with van der Waals surface area (Å²) in [5.41, 5.74) is 0. The van der Waals surface area contributed by atoms with Crippen molar-refractivity contribution in [1.82, 2.24) is 0 Å². The predicted molar refractivity (Wildman–Crippen MR) is 49.9 cm³/mol. The SMILES string of the molecule is CCO.CCO.CO.CO.CO. The molecule has 0 bridgehead atoms. The van der Waals surface area contributed by atoms with Crippen molar-refractivity contribution in [3.05, 3.63) is 0 Å². The Bertz CT molecular complexity index is 13.8. The quantitative estimate of drug-likeness (QED) is 0.329. The van der Waals surface area contributed by atoms with Gasteiger partial charge in [-0.1, -0.05) is 0 Å². The maximum absolute atomic E-state index is 7.57. The van der Waals surface area contributed by atoms with Crippen LogP contribution in [-0.4, -0.2) is 60.1 Å². The Morgan fingerprint density at radius 3 is 0.583 bits per heavy atom. The second-order valence-corrected chi connectivity index (χ2v) is 0.632. The van der Waals surface area contributed by atoms with Crippen molar-refractivity contribution in [2.24, 2.45) is 0 Å². The highest BCUT2D eigenvalue weighted by atomic mass is 16.3. The van der Waals surface area contributed by atoms with Crippen LogP contribution in [0.4, 0.5) is 0 Å². The molecule has 0 rings (SSSR count). The summed E-state index contributed by atoms with van der Waals surface area (Å²) >= 11 is 0. The third-order valence-electron chi connectivity index (χ3n) is 0. The van der Waals surface area contributed by atoms with Gasteiger partial charge in [-0.25, -0.2) is 0 Å². The van der Waals surface area contributed by atoms with Gasteiger partial charge in [-0.3, -0.25) is 0 Å². The second kappa shape index (κ2) is 320. The summed E-state index contributed by atoms with van der Waals surface area (Å²) < 4.78 is 0. The molecule has 0 unspecified atom stereocenters. The van der Waals surface area contributed by atoms with Crippen LogP contribution >= 0.6 is 0 Å². The van der Waals surface area contributed by atoms with E-state index in [1.54, 1.807) is 13.8 Å². The summed E-state index contributed by atoms with van der Waals surface area (Å²) in [6.45, 7) is 3.86. The first-order valence-electron chi connectivity index (χ1n) is 3.39. The third kappa shape index (κ3) is 19000. The minimum Gasteiger partial charge on any atom is -0.400 e. The zero-order valence-corrected chi connectivity index (χ0v) is 8.65. The molecule has 0 aromatic heterocycles. The molecule has 0 saturated heterocycles. The van der Waals surface area contributed by atoms with Gasteiger partial charge in [0.2, 0.25) is 0 Å². The van der Waals surface area contributed by atoms with Crippen LogP contribution in [-0.2, 0) is 0 Å². The lowest BCUT2D eigenvalue weighted by atomic mass is 10.9. The van der Waals surface area contributed by atoms with E-state index in [4.69, 9.17) is 25.5 Å². The fourth-order valence-corrected chi connectivity index (χ4v) is 0. The Morgan fingerprint density at radius 1 is 0.583 bits per heavy atom. The van der Waals surface area contributed by atoms with Gasteiger partial charge < -0.3 is 25.5 Å². The number of aliphatic hydroxyl groups excluding tert-OH is 5. The molecule has 5 nitrogen and oxygen atoms in total. The highest BCUT2D eigenvalue weighted by Crippen LogP contribution is 1.30. The molecule has 0 aromatic rings. The smallest absolute Gasteiger partial charge is 0.0402 e. The Hall–Kier alpha value is -0.200. The van der Waals surface area contributed by atoms with Crippen LogP contribution in [0.25, 0.3) is 0 Å². The van der Waals surface area contributed by atoms with Crippen LogP contribution in [0.1, 0.15) is 13.8 Å². The molecule has 0 aliphatic rings. The first-order chi connectivity index (χ1) is 5.83. The van der Waals surface area contributed by atoms with Crippen LogP contribution in [0.2, 0.25) is 0 Å². The highest BCUT2D eigenvalue weighted by Gasteiger charge is 1.34. The maximum Gasteiger partial charge on any atom is 0.0402 e. The van der Waals surface area contributed by atoms with Gasteiger partial charge in [-0.05, 0) is 13.8 Å². The summed E-state index contributed by atoms with van der Waals surface area (Å²) in [5.74, 6) is 0. The van der Waals surface area contributed by atoms with Crippen molar-refractivity contribution in [1.29, 1.82) is 0 Å². The van der Waals surface area contributed by atoms with E-state index in [1.807, 2.05) is 0 Å². The summed E-state index contributed by atoms with van der Waals surface area (Å²) in [6.07, 6.45) is 0. The Morgan fingerprint density at radius 2 is 0.583 bits per heavy atom. The normalized spacial score (nSPS) is 4.50. The van der Waals surface area contributed by atoms with Crippen molar-refractivity contribution in [3.8, 4) is 0 Å². The number of aliphatic hydroxyl groups is 5. The van der Waals surface area contributed by atoms with Crippen molar-refractivity contribution in [3.63, 3.8) is 0 Å². The number of hydrogen-bond donors (Lipinski definition) is 5. The third-order valence-corrected chi connectivity index (χ3v) is 0. The summed E-state index contributed by atoms with van der Waals surface area (Å²) in [4.78, 5) is 0.